The van der Waals surface area contributed by atoms with Gasteiger partial charge < -0.3 is 23.8 Å². The van der Waals surface area contributed by atoms with Crippen molar-refractivity contribution in [2.24, 2.45) is 0 Å². The van der Waals surface area contributed by atoms with E-state index < -0.39 is 0 Å². The first kappa shape index (κ1) is 24.8. The average molecular weight is 530 g/mol. The summed E-state index contributed by atoms with van der Waals surface area (Å²) in [6, 6.07) is 20.6. The van der Waals surface area contributed by atoms with Gasteiger partial charge in [-0.1, -0.05) is 36.4 Å². The number of methoxy groups -OCH3 is 1. The molecule has 3 heterocycles. The molecule has 1 saturated heterocycles. The lowest BCUT2D eigenvalue weighted by Crippen LogP contribution is -2.32. The van der Waals surface area contributed by atoms with E-state index in [4.69, 9.17) is 18.9 Å². The van der Waals surface area contributed by atoms with Gasteiger partial charge in [0.1, 0.15) is 18.5 Å². The van der Waals surface area contributed by atoms with Gasteiger partial charge in [0.05, 0.1) is 26.9 Å². The number of amides is 1. The molecule has 2 aliphatic rings. The molecule has 1 fully saturated rings. The van der Waals surface area contributed by atoms with Crippen molar-refractivity contribution in [3.63, 3.8) is 0 Å². The van der Waals surface area contributed by atoms with Gasteiger partial charge in [-0.2, -0.15) is 0 Å². The fraction of sp³-hybridized carbons (Fsp3) is 0.323. The number of nitrogens with zero attached hydrogens (tertiary/aromatic N) is 1. The van der Waals surface area contributed by atoms with Crippen LogP contribution in [-0.4, -0.2) is 50.4 Å². The molecule has 1 atom stereocenters. The van der Waals surface area contributed by atoms with E-state index in [0.717, 1.165) is 40.4 Å². The van der Waals surface area contributed by atoms with Gasteiger partial charge in [-0.3, -0.25) is 4.79 Å². The van der Waals surface area contributed by atoms with E-state index in [0.29, 0.717) is 45.8 Å². The lowest BCUT2D eigenvalue weighted by Gasteiger charge is -2.21. The van der Waals surface area contributed by atoms with Crippen molar-refractivity contribution in [3.8, 4) is 28.4 Å². The van der Waals surface area contributed by atoms with Crippen LogP contribution in [0.3, 0.4) is 0 Å². The Hall–Kier alpha value is -3.55. The Morgan fingerprint density at radius 3 is 2.82 bits per heavy atom. The number of carbonyl (C=O) groups excluding carboxylic acids is 1. The Morgan fingerprint density at radius 1 is 1.08 bits per heavy atom. The molecule has 38 heavy (non-hydrogen) atoms. The molecular weight excluding hydrogens is 498 g/mol. The third-order valence-corrected chi connectivity index (χ3v) is 8.19. The van der Waals surface area contributed by atoms with E-state index in [-0.39, 0.29) is 12.0 Å². The first-order valence-corrected chi connectivity index (χ1v) is 14.0. The molecule has 6 nitrogen and oxygen atoms in total. The summed E-state index contributed by atoms with van der Waals surface area (Å²) in [7, 11) is 1.66. The fourth-order valence-corrected chi connectivity index (χ4v) is 6.21. The lowest BCUT2D eigenvalue weighted by atomic mass is 10.0. The van der Waals surface area contributed by atoms with Crippen molar-refractivity contribution < 1.29 is 23.7 Å². The first-order valence-electron chi connectivity index (χ1n) is 13.1. The number of hydrogen-bond acceptors (Lipinski definition) is 6. The summed E-state index contributed by atoms with van der Waals surface area (Å²) < 4.78 is 25.0. The highest BCUT2D eigenvalue weighted by atomic mass is 32.1. The van der Waals surface area contributed by atoms with Gasteiger partial charge in [0.2, 0.25) is 5.91 Å². The molecule has 1 amide bonds. The Labute approximate surface area is 226 Å². The van der Waals surface area contributed by atoms with Crippen molar-refractivity contribution >= 4 is 27.3 Å². The van der Waals surface area contributed by atoms with E-state index >= 15 is 0 Å². The maximum atomic E-state index is 13.4. The summed E-state index contributed by atoms with van der Waals surface area (Å²) in [5, 5.41) is 3.41. The van der Waals surface area contributed by atoms with Gasteiger partial charge in [0.15, 0.2) is 11.5 Å². The minimum Gasteiger partial charge on any atom is -0.496 e. The molecule has 0 saturated carbocycles. The maximum Gasteiger partial charge on any atom is 0.223 e. The van der Waals surface area contributed by atoms with Crippen LogP contribution in [0.15, 0.2) is 66.0 Å². The van der Waals surface area contributed by atoms with Crippen molar-refractivity contribution in [1.29, 1.82) is 0 Å². The highest BCUT2D eigenvalue weighted by Gasteiger charge is 2.26. The molecule has 7 heteroatoms. The summed E-state index contributed by atoms with van der Waals surface area (Å²) in [6.45, 7) is 2.71. The van der Waals surface area contributed by atoms with Gasteiger partial charge in [-0.15, -0.1) is 11.3 Å². The number of fused-ring (bicyclic) bond motifs is 2. The number of rotatable bonds is 7. The fourth-order valence-electron chi connectivity index (χ4n) is 5.24. The smallest absolute Gasteiger partial charge is 0.223 e. The minimum absolute atomic E-state index is 0.000917. The SMILES string of the molecule is COc1ccccc1CCC(=O)N1CCOc2c(cc(-c3csc4ccccc34)cc2OC2CCOC2)C1. The molecule has 4 aromatic rings. The van der Waals surface area contributed by atoms with Crippen molar-refractivity contribution in [1.82, 2.24) is 4.90 Å². The largest absolute Gasteiger partial charge is 0.496 e. The molecule has 0 aliphatic carbocycles. The Balaban J connectivity index is 1.30. The van der Waals surface area contributed by atoms with E-state index in [1.807, 2.05) is 29.2 Å². The summed E-state index contributed by atoms with van der Waals surface area (Å²) in [5.41, 5.74) is 4.24. The van der Waals surface area contributed by atoms with Crippen LogP contribution in [0.5, 0.6) is 17.2 Å². The monoisotopic (exact) mass is 529 g/mol. The van der Waals surface area contributed by atoms with Crippen molar-refractivity contribution in [3.05, 3.63) is 77.2 Å². The van der Waals surface area contributed by atoms with Crippen LogP contribution in [0, 0.1) is 0 Å². The zero-order valence-corrected chi connectivity index (χ0v) is 22.3. The van der Waals surface area contributed by atoms with Crippen LogP contribution in [0.25, 0.3) is 21.2 Å². The quantitative estimate of drug-likeness (QED) is 0.290. The second kappa shape index (κ2) is 11.1. The number of carbonyl (C=O) groups is 1. The molecule has 1 aromatic heterocycles. The van der Waals surface area contributed by atoms with E-state index in [9.17, 15) is 4.79 Å². The molecule has 0 bridgehead atoms. The Kier molecular flexibility index (Phi) is 7.20. The summed E-state index contributed by atoms with van der Waals surface area (Å²) >= 11 is 1.74. The normalized spacial score (nSPS) is 17.1. The molecule has 1 unspecified atom stereocenters. The molecule has 0 radical (unpaired) electrons. The molecule has 6 rings (SSSR count). The van der Waals surface area contributed by atoms with Gasteiger partial charge in [-0.05, 0) is 47.2 Å². The van der Waals surface area contributed by atoms with E-state index in [1.54, 1.807) is 18.4 Å². The van der Waals surface area contributed by atoms with Gasteiger partial charge in [0, 0.05) is 40.6 Å². The predicted octanol–water partition coefficient (Wildman–Crippen LogP) is 6.10. The topological polar surface area (TPSA) is 57.2 Å². The second-order valence-corrected chi connectivity index (χ2v) is 10.6. The third-order valence-electron chi connectivity index (χ3n) is 7.23. The summed E-state index contributed by atoms with van der Waals surface area (Å²) in [4.78, 5) is 15.3. The van der Waals surface area contributed by atoms with E-state index in [2.05, 4.69) is 41.8 Å². The van der Waals surface area contributed by atoms with Crippen molar-refractivity contribution in [2.45, 2.75) is 31.9 Å². The zero-order chi connectivity index (χ0) is 25.9. The molecule has 3 aromatic carbocycles. The van der Waals surface area contributed by atoms with Gasteiger partial charge >= 0.3 is 0 Å². The Morgan fingerprint density at radius 2 is 1.95 bits per heavy atom. The third kappa shape index (κ3) is 5.08. The maximum absolute atomic E-state index is 13.4. The molecular formula is C31H31NO5S. The van der Waals surface area contributed by atoms with Crippen LogP contribution < -0.4 is 14.2 Å². The van der Waals surface area contributed by atoms with Crippen LogP contribution in [0.4, 0.5) is 0 Å². The number of ether oxygens (including phenoxy) is 4. The average Bonchev–Trinajstić information content (AvgIpc) is 3.57. The number of para-hydroxylation sites is 1. The molecule has 196 valence electrons. The van der Waals surface area contributed by atoms with Gasteiger partial charge in [-0.25, -0.2) is 0 Å². The molecule has 0 spiro atoms. The standard InChI is InChI=1S/C31H31NO5S/c1-34-27-8-4-2-6-21(27)10-11-30(33)32-13-15-36-31-23(18-32)16-22(17-28(31)37-24-12-14-35-19-24)26-20-38-29-9-5-3-7-25(26)29/h2-9,16-17,20,24H,10-15,18-19H2,1H3. The number of thiophene rings is 1. The highest BCUT2D eigenvalue weighted by Crippen LogP contribution is 2.42. The molecule has 2 aliphatic heterocycles. The predicted molar refractivity (Wildman–Crippen MR) is 149 cm³/mol. The first-order chi connectivity index (χ1) is 18.7. The van der Waals surface area contributed by atoms with Crippen LogP contribution in [0.1, 0.15) is 24.0 Å². The highest BCUT2D eigenvalue weighted by molar-refractivity contribution is 7.17. The van der Waals surface area contributed by atoms with Gasteiger partial charge in [0.25, 0.3) is 0 Å². The van der Waals surface area contributed by atoms with Crippen LogP contribution in [-0.2, 0) is 22.5 Å². The minimum atomic E-state index is -0.000917. The van der Waals surface area contributed by atoms with Crippen molar-refractivity contribution in [2.75, 3.05) is 33.5 Å². The number of aryl methyl sites for hydroxylation is 1. The lowest BCUT2D eigenvalue weighted by molar-refractivity contribution is -0.131. The zero-order valence-electron chi connectivity index (χ0n) is 21.5. The number of hydrogen-bond donors (Lipinski definition) is 0. The number of benzene rings is 3. The Bertz CT molecular complexity index is 1440. The molecule has 0 N–H and O–H groups in total. The summed E-state index contributed by atoms with van der Waals surface area (Å²) in [6.07, 6.45) is 1.89. The van der Waals surface area contributed by atoms with E-state index in [1.165, 1.54) is 15.6 Å². The summed E-state index contributed by atoms with van der Waals surface area (Å²) in [5.74, 6) is 2.38. The van der Waals surface area contributed by atoms with Crippen LogP contribution >= 0.6 is 11.3 Å². The van der Waals surface area contributed by atoms with Crippen LogP contribution in [0.2, 0.25) is 0 Å². The second-order valence-electron chi connectivity index (χ2n) is 9.69.